The van der Waals surface area contributed by atoms with Crippen molar-refractivity contribution in [2.24, 2.45) is 0 Å². The SMILES string of the molecule is O=c1n(CCCN2CCCCC2)c2ccccc2n1C1CCN(C(=S)NCc2ccc(Cl)cc2)CC1. The second-order valence-corrected chi connectivity index (χ2v) is 10.9. The number of nitrogens with zero attached hydrogens (tertiary/aromatic N) is 4. The van der Waals surface area contributed by atoms with Gasteiger partial charge in [0.25, 0.3) is 0 Å². The lowest BCUT2D eigenvalue weighted by molar-refractivity contribution is 0.222. The minimum absolute atomic E-state index is 0.136. The lowest BCUT2D eigenvalue weighted by Gasteiger charge is -2.34. The Morgan fingerprint density at radius 3 is 2.33 bits per heavy atom. The Balaban J connectivity index is 1.21. The van der Waals surface area contributed by atoms with Gasteiger partial charge in [-0.2, -0.15) is 0 Å². The number of thiocarbonyl (C=S) groups is 1. The van der Waals surface area contributed by atoms with Crippen molar-refractivity contribution in [1.82, 2.24) is 24.3 Å². The van der Waals surface area contributed by atoms with Crippen molar-refractivity contribution in [2.45, 2.75) is 57.7 Å². The average molecular weight is 526 g/mol. The number of fused-ring (bicyclic) bond motifs is 1. The third kappa shape index (κ3) is 5.79. The molecule has 0 radical (unpaired) electrons. The zero-order valence-corrected chi connectivity index (χ0v) is 22.4. The fourth-order valence-corrected chi connectivity index (χ4v) is 6.04. The predicted octanol–water partition coefficient (Wildman–Crippen LogP) is 5.04. The maximum absolute atomic E-state index is 13.6. The van der Waals surface area contributed by atoms with E-state index < -0.39 is 0 Å². The summed E-state index contributed by atoms with van der Waals surface area (Å²) in [4.78, 5) is 18.4. The number of likely N-dealkylation sites (tertiary alicyclic amines) is 2. The molecule has 0 saturated carbocycles. The van der Waals surface area contributed by atoms with Crippen LogP contribution in [0.25, 0.3) is 11.0 Å². The molecule has 2 aliphatic heterocycles. The van der Waals surface area contributed by atoms with Crippen LogP contribution in [0.2, 0.25) is 5.02 Å². The van der Waals surface area contributed by atoms with Crippen LogP contribution in [0, 0.1) is 0 Å². The molecule has 2 saturated heterocycles. The number of halogens is 1. The van der Waals surface area contributed by atoms with Gasteiger partial charge in [0.05, 0.1) is 11.0 Å². The van der Waals surface area contributed by atoms with E-state index in [1.165, 1.54) is 32.4 Å². The first-order chi connectivity index (χ1) is 17.6. The molecule has 0 bridgehead atoms. The molecule has 0 atom stereocenters. The van der Waals surface area contributed by atoms with Crippen molar-refractivity contribution in [3.8, 4) is 0 Å². The normalized spacial score (nSPS) is 17.5. The lowest BCUT2D eigenvalue weighted by atomic mass is 10.0. The number of benzene rings is 2. The molecule has 0 aliphatic carbocycles. The topological polar surface area (TPSA) is 45.4 Å². The summed E-state index contributed by atoms with van der Waals surface area (Å²) in [6, 6.07) is 16.3. The van der Waals surface area contributed by atoms with E-state index in [0.29, 0.717) is 6.54 Å². The number of piperidine rings is 2. The fraction of sp³-hybridized carbons (Fsp3) is 0.500. The van der Waals surface area contributed by atoms with E-state index in [1.807, 2.05) is 41.0 Å². The van der Waals surface area contributed by atoms with Crippen LogP contribution in [-0.4, -0.2) is 56.8 Å². The Bertz CT molecular complexity index is 1220. The van der Waals surface area contributed by atoms with Gasteiger partial charge >= 0.3 is 5.69 Å². The smallest absolute Gasteiger partial charge is 0.329 e. The molecule has 2 aliphatic rings. The van der Waals surface area contributed by atoms with Gasteiger partial charge in [0, 0.05) is 37.2 Å². The first-order valence-electron chi connectivity index (χ1n) is 13.3. The van der Waals surface area contributed by atoms with E-state index in [-0.39, 0.29) is 11.7 Å². The van der Waals surface area contributed by atoms with Crippen LogP contribution in [0.3, 0.4) is 0 Å². The van der Waals surface area contributed by atoms with Crippen molar-refractivity contribution in [2.75, 3.05) is 32.7 Å². The largest absolute Gasteiger partial charge is 0.358 e. The minimum atomic E-state index is 0.136. The van der Waals surface area contributed by atoms with Crippen LogP contribution >= 0.6 is 23.8 Å². The van der Waals surface area contributed by atoms with Crippen LogP contribution in [0.5, 0.6) is 0 Å². The molecule has 0 amide bonds. The second kappa shape index (κ2) is 11.8. The van der Waals surface area contributed by atoms with Gasteiger partial charge in [-0.15, -0.1) is 0 Å². The zero-order valence-electron chi connectivity index (χ0n) is 20.9. The van der Waals surface area contributed by atoms with Gasteiger partial charge in [0.15, 0.2) is 5.11 Å². The maximum atomic E-state index is 13.6. The maximum Gasteiger partial charge on any atom is 0.329 e. The molecule has 192 valence electrons. The van der Waals surface area contributed by atoms with Gasteiger partial charge in [0.1, 0.15) is 0 Å². The highest BCUT2D eigenvalue weighted by atomic mass is 35.5. The Labute approximate surface area is 223 Å². The molecule has 5 rings (SSSR count). The van der Waals surface area contributed by atoms with Gasteiger partial charge in [0.2, 0.25) is 0 Å². The molecule has 6 nitrogen and oxygen atoms in total. The van der Waals surface area contributed by atoms with Gasteiger partial charge in [-0.3, -0.25) is 9.13 Å². The number of hydrogen-bond acceptors (Lipinski definition) is 3. The van der Waals surface area contributed by atoms with Crippen LogP contribution in [0.1, 0.15) is 50.1 Å². The van der Waals surface area contributed by atoms with E-state index in [9.17, 15) is 4.79 Å². The molecule has 1 aromatic heterocycles. The van der Waals surface area contributed by atoms with E-state index in [2.05, 4.69) is 31.8 Å². The molecule has 0 unspecified atom stereocenters. The van der Waals surface area contributed by atoms with Crippen molar-refractivity contribution in [3.63, 3.8) is 0 Å². The van der Waals surface area contributed by atoms with Gasteiger partial charge in [-0.05, 0) is 93.8 Å². The Morgan fingerprint density at radius 1 is 0.917 bits per heavy atom. The fourth-order valence-electron chi connectivity index (χ4n) is 5.66. The van der Waals surface area contributed by atoms with Crippen LogP contribution in [-0.2, 0) is 13.1 Å². The second-order valence-electron chi connectivity index (χ2n) is 10.1. The number of para-hydroxylation sites is 2. The molecule has 2 aromatic carbocycles. The highest BCUT2D eigenvalue weighted by molar-refractivity contribution is 7.80. The summed E-state index contributed by atoms with van der Waals surface area (Å²) in [6.45, 7) is 6.62. The van der Waals surface area contributed by atoms with Crippen LogP contribution < -0.4 is 11.0 Å². The number of rotatable bonds is 7. The lowest BCUT2D eigenvalue weighted by Crippen LogP contribution is -2.45. The van der Waals surface area contributed by atoms with Crippen LogP contribution in [0.4, 0.5) is 0 Å². The molecule has 3 aromatic rings. The van der Waals surface area contributed by atoms with Gasteiger partial charge in [-0.25, -0.2) is 4.79 Å². The number of aryl methyl sites for hydroxylation is 1. The van der Waals surface area contributed by atoms with E-state index in [4.69, 9.17) is 23.8 Å². The standard InChI is InChI=1S/C28H36ClN5OS/c29-23-11-9-22(10-12-23)21-30-27(36)32-19-13-24(14-20-32)34-26-8-3-2-7-25(26)33(28(34)35)18-6-17-31-15-4-1-5-16-31/h2-3,7-12,24H,1,4-6,13-21H2,(H,30,36). The quantitative estimate of drug-likeness (QED) is 0.438. The van der Waals surface area contributed by atoms with Crippen molar-refractivity contribution in [1.29, 1.82) is 0 Å². The van der Waals surface area contributed by atoms with Gasteiger partial charge < -0.3 is 15.1 Å². The summed E-state index contributed by atoms with van der Waals surface area (Å²) in [5.74, 6) is 0. The molecule has 3 heterocycles. The third-order valence-corrected chi connectivity index (χ3v) is 8.30. The minimum Gasteiger partial charge on any atom is -0.358 e. The first kappa shape index (κ1) is 25.3. The Hall–Kier alpha value is -2.35. The molecule has 36 heavy (non-hydrogen) atoms. The Morgan fingerprint density at radius 2 is 1.61 bits per heavy atom. The van der Waals surface area contributed by atoms with E-state index in [1.54, 1.807) is 0 Å². The molecule has 2 fully saturated rings. The van der Waals surface area contributed by atoms with Crippen molar-refractivity contribution >= 4 is 40.0 Å². The summed E-state index contributed by atoms with van der Waals surface area (Å²) in [7, 11) is 0. The molecular formula is C28H36ClN5OS. The van der Waals surface area contributed by atoms with E-state index in [0.717, 1.165) is 72.2 Å². The number of nitrogens with one attached hydrogen (secondary N) is 1. The molecule has 1 N–H and O–H groups in total. The predicted molar refractivity (Wildman–Crippen MR) is 152 cm³/mol. The van der Waals surface area contributed by atoms with Crippen molar-refractivity contribution < 1.29 is 0 Å². The average Bonchev–Trinajstić information content (AvgIpc) is 3.20. The number of hydrogen-bond donors (Lipinski definition) is 1. The number of imidazole rings is 1. The first-order valence-corrected chi connectivity index (χ1v) is 14.1. The monoisotopic (exact) mass is 525 g/mol. The summed E-state index contributed by atoms with van der Waals surface area (Å²) < 4.78 is 4.06. The summed E-state index contributed by atoms with van der Waals surface area (Å²) in [5, 5.41) is 4.89. The summed E-state index contributed by atoms with van der Waals surface area (Å²) >= 11 is 11.7. The van der Waals surface area contributed by atoms with E-state index >= 15 is 0 Å². The zero-order chi connectivity index (χ0) is 24.9. The molecular weight excluding hydrogens is 490 g/mol. The Kier molecular flexibility index (Phi) is 8.29. The third-order valence-electron chi connectivity index (χ3n) is 7.65. The highest BCUT2D eigenvalue weighted by Gasteiger charge is 2.26. The van der Waals surface area contributed by atoms with Crippen molar-refractivity contribution in [3.05, 3.63) is 69.6 Å². The van der Waals surface area contributed by atoms with Crippen LogP contribution in [0.15, 0.2) is 53.3 Å². The highest BCUT2D eigenvalue weighted by Crippen LogP contribution is 2.26. The summed E-state index contributed by atoms with van der Waals surface area (Å²) in [5.41, 5.74) is 3.40. The number of aromatic nitrogens is 2. The summed E-state index contributed by atoms with van der Waals surface area (Å²) in [6.07, 6.45) is 6.79. The molecule has 0 spiro atoms. The van der Waals surface area contributed by atoms with Gasteiger partial charge in [-0.1, -0.05) is 42.3 Å². The molecule has 8 heteroatoms.